The van der Waals surface area contributed by atoms with Crippen LogP contribution in [0.4, 0.5) is 0 Å². The Bertz CT molecular complexity index is 500. The highest BCUT2D eigenvalue weighted by Crippen LogP contribution is 2.29. The standard InChI is InChI=1S/C8H6ClN3O2S/c1-12-6(4(9)2-10-12)7-11-5(3-15-7)8(13)14/h2-3H,1H3,(H,13,14). The Morgan fingerprint density at radius 2 is 2.40 bits per heavy atom. The molecule has 2 aromatic rings. The minimum Gasteiger partial charge on any atom is -0.476 e. The molecule has 0 bridgehead atoms. The first-order valence-corrected chi connectivity index (χ1v) is 5.22. The van der Waals surface area contributed by atoms with E-state index in [-0.39, 0.29) is 5.69 Å². The van der Waals surface area contributed by atoms with Crippen LogP contribution in [0.5, 0.6) is 0 Å². The summed E-state index contributed by atoms with van der Waals surface area (Å²) >= 11 is 7.13. The van der Waals surface area contributed by atoms with Gasteiger partial charge in [0.1, 0.15) is 10.7 Å². The van der Waals surface area contributed by atoms with Crippen LogP contribution in [0, 0.1) is 0 Å². The maximum Gasteiger partial charge on any atom is 0.355 e. The van der Waals surface area contributed by atoms with E-state index < -0.39 is 5.97 Å². The fourth-order valence-electron chi connectivity index (χ4n) is 1.13. The van der Waals surface area contributed by atoms with Gasteiger partial charge in [-0.25, -0.2) is 9.78 Å². The van der Waals surface area contributed by atoms with Crippen LogP contribution in [0.2, 0.25) is 5.02 Å². The molecule has 0 atom stereocenters. The Kier molecular flexibility index (Phi) is 2.45. The number of thiazole rings is 1. The molecule has 0 unspecified atom stereocenters. The molecular formula is C8H6ClN3O2S. The van der Waals surface area contributed by atoms with Crippen LogP contribution in [0.1, 0.15) is 10.5 Å². The fraction of sp³-hybridized carbons (Fsp3) is 0.125. The molecule has 0 aliphatic rings. The molecule has 0 aromatic carbocycles. The van der Waals surface area contributed by atoms with Gasteiger partial charge in [0.25, 0.3) is 0 Å². The van der Waals surface area contributed by atoms with Crippen LogP contribution in [0.3, 0.4) is 0 Å². The number of aryl methyl sites for hydroxylation is 1. The van der Waals surface area contributed by atoms with Gasteiger partial charge >= 0.3 is 5.97 Å². The van der Waals surface area contributed by atoms with Crippen LogP contribution >= 0.6 is 22.9 Å². The van der Waals surface area contributed by atoms with Crippen molar-refractivity contribution < 1.29 is 9.90 Å². The third kappa shape index (κ3) is 1.73. The van der Waals surface area contributed by atoms with Crippen molar-refractivity contribution in [2.45, 2.75) is 0 Å². The third-order valence-electron chi connectivity index (χ3n) is 1.82. The molecule has 2 aromatic heterocycles. The smallest absolute Gasteiger partial charge is 0.355 e. The summed E-state index contributed by atoms with van der Waals surface area (Å²) in [6.07, 6.45) is 1.50. The monoisotopic (exact) mass is 243 g/mol. The molecule has 0 aliphatic carbocycles. The predicted molar refractivity (Wildman–Crippen MR) is 56.3 cm³/mol. The fourth-order valence-corrected chi connectivity index (χ4v) is 2.33. The minimum atomic E-state index is -1.05. The van der Waals surface area contributed by atoms with Crippen molar-refractivity contribution in [1.82, 2.24) is 14.8 Å². The van der Waals surface area contributed by atoms with E-state index in [9.17, 15) is 4.79 Å². The predicted octanol–water partition coefficient (Wildman–Crippen LogP) is 1.90. The highest BCUT2D eigenvalue weighted by molar-refractivity contribution is 7.13. The first kappa shape index (κ1) is 10.1. The van der Waals surface area contributed by atoms with Crippen LogP contribution in [-0.4, -0.2) is 25.8 Å². The summed E-state index contributed by atoms with van der Waals surface area (Å²) in [6.45, 7) is 0. The van der Waals surface area contributed by atoms with Crippen LogP contribution in [0.15, 0.2) is 11.6 Å². The van der Waals surface area contributed by atoms with Crippen LogP contribution in [0.25, 0.3) is 10.7 Å². The van der Waals surface area contributed by atoms with Gasteiger partial charge in [-0.05, 0) is 0 Å². The van der Waals surface area contributed by atoms with Crippen molar-refractivity contribution in [1.29, 1.82) is 0 Å². The number of aromatic nitrogens is 3. The summed E-state index contributed by atoms with van der Waals surface area (Å²) in [5.41, 5.74) is 0.654. The third-order valence-corrected chi connectivity index (χ3v) is 2.95. The van der Waals surface area contributed by atoms with Gasteiger partial charge in [-0.1, -0.05) is 11.6 Å². The molecule has 0 fully saturated rings. The maximum absolute atomic E-state index is 10.6. The summed E-state index contributed by atoms with van der Waals surface area (Å²) in [7, 11) is 1.73. The van der Waals surface area contributed by atoms with Crippen molar-refractivity contribution in [2.24, 2.45) is 7.05 Å². The largest absolute Gasteiger partial charge is 0.476 e. The Labute approximate surface area is 93.9 Å². The molecule has 78 valence electrons. The molecule has 2 heterocycles. The number of carboxylic acid groups (broad SMARTS) is 1. The zero-order valence-electron chi connectivity index (χ0n) is 7.64. The Hall–Kier alpha value is -1.40. The molecular weight excluding hydrogens is 238 g/mol. The summed E-state index contributed by atoms with van der Waals surface area (Å²) in [4.78, 5) is 14.6. The van der Waals surface area contributed by atoms with E-state index in [4.69, 9.17) is 16.7 Å². The molecule has 15 heavy (non-hydrogen) atoms. The lowest BCUT2D eigenvalue weighted by Crippen LogP contribution is -1.97. The van der Waals surface area contributed by atoms with Gasteiger partial charge in [-0.3, -0.25) is 4.68 Å². The second kappa shape index (κ2) is 3.63. The van der Waals surface area contributed by atoms with Crippen molar-refractivity contribution in [3.05, 3.63) is 22.3 Å². The first-order valence-electron chi connectivity index (χ1n) is 3.96. The van der Waals surface area contributed by atoms with Crippen LogP contribution in [-0.2, 0) is 7.05 Å². The maximum atomic E-state index is 10.6. The number of halogens is 1. The van der Waals surface area contributed by atoms with E-state index in [1.165, 1.54) is 22.9 Å². The van der Waals surface area contributed by atoms with E-state index in [0.29, 0.717) is 15.7 Å². The van der Waals surface area contributed by atoms with E-state index >= 15 is 0 Å². The normalized spacial score (nSPS) is 10.5. The van der Waals surface area contributed by atoms with Gasteiger partial charge in [0.15, 0.2) is 5.69 Å². The highest BCUT2D eigenvalue weighted by Gasteiger charge is 2.15. The second-order valence-electron chi connectivity index (χ2n) is 2.81. The van der Waals surface area contributed by atoms with Gasteiger partial charge in [0.05, 0.1) is 11.2 Å². The number of carboxylic acids is 1. The van der Waals surface area contributed by atoms with Crippen molar-refractivity contribution >= 4 is 28.9 Å². The number of nitrogens with zero attached hydrogens (tertiary/aromatic N) is 3. The Morgan fingerprint density at radius 1 is 1.67 bits per heavy atom. The molecule has 0 spiro atoms. The number of hydrogen-bond acceptors (Lipinski definition) is 4. The molecule has 0 amide bonds. The van der Waals surface area contributed by atoms with E-state index in [2.05, 4.69) is 10.1 Å². The Morgan fingerprint density at radius 3 is 2.87 bits per heavy atom. The quantitative estimate of drug-likeness (QED) is 0.875. The zero-order valence-corrected chi connectivity index (χ0v) is 9.21. The average Bonchev–Trinajstić information content (AvgIpc) is 2.73. The topological polar surface area (TPSA) is 68.0 Å². The highest BCUT2D eigenvalue weighted by atomic mass is 35.5. The van der Waals surface area contributed by atoms with Crippen LogP contribution < -0.4 is 0 Å². The van der Waals surface area contributed by atoms with Crippen molar-refractivity contribution in [2.75, 3.05) is 0 Å². The zero-order chi connectivity index (χ0) is 11.0. The lowest BCUT2D eigenvalue weighted by molar-refractivity contribution is 0.0691. The summed E-state index contributed by atoms with van der Waals surface area (Å²) in [6, 6.07) is 0. The van der Waals surface area contributed by atoms with E-state index in [0.717, 1.165) is 0 Å². The molecule has 0 saturated carbocycles. The number of carbonyl (C=O) groups is 1. The lowest BCUT2D eigenvalue weighted by Gasteiger charge is -1.96. The SMILES string of the molecule is Cn1ncc(Cl)c1-c1nc(C(=O)O)cs1. The van der Waals surface area contributed by atoms with Gasteiger partial charge in [-0.2, -0.15) is 5.10 Å². The van der Waals surface area contributed by atoms with E-state index in [1.54, 1.807) is 11.7 Å². The molecule has 2 rings (SSSR count). The van der Waals surface area contributed by atoms with Gasteiger partial charge in [0.2, 0.25) is 0 Å². The van der Waals surface area contributed by atoms with Gasteiger partial charge < -0.3 is 5.11 Å². The molecule has 7 heteroatoms. The lowest BCUT2D eigenvalue weighted by atomic mass is 10.4. The summed E-state index contributed by atoms with van der Waals surface area (Å²) < 4.78 is 1.56. The number of hydrogen-bond donors (Lipinski definition) is 1. The molecule has 5 nitrogen and oxygen atoms in total. The summed E-state index contributed by atoms with van der Waals surface area (Å²) in [5, 5.41) is 15.2. The first-order chi connectivity index (χ1) is 7.09. The van der Waals surface area contributed by atoms with Crippen molar-refractivity contribution in [3.8, 4) is 10.7 Å². The van der Waals surface area contributed by atoms with Gasteiger partial charge in [-0.15, -0.1) is 11.3 Å². The average molecular weight is 244 g/mol. The van der Waals surface area contributed by atoms with E-state index in [1.807, 2.05) is 0 Å². The molecule has 0 radical (unpaired) electrons. The molecule has 0 saturated heterocycles. The molecule has 1 N–H and O–H groups in total. The second-order valence-corrected chi connectivity index (χ2v) is 4.07. The Balaban J connectivity index is 2.50. The minimum absolute atomic E-state index is 0.0206. The number of rotatable bonds is 2. The number of aromatic carboxylic acids is 1. The van der Waals surface area contributed by atoms with Crippen molar-refractivity contribution in [3.63, 3.8) is 0 Å². The van der Waals surface area contributed by atoms with Gasteiger partial charge in [0, 0.05) is 12.4 Å². The molecule has 0 aliphatic heterocycles. The summed E-state index contributed by atoms with van der Waals surface area (Å²) in [5.74, 6) is -1.05.